The summed E-state index contributed by atoms with van der Waals surface area (Å²) in [6.07, 6.45) is 2.79. The lowest BCUT2D eigenvalue weighted by Gasteiger charge is -2.39. The molecule has 0 spiro atoms. The summed E-state index contributed by atoms with van der Waals surface area (Å²) >= 11 is 0. The van der Waals surface area contributed by atoms with Crippen molar-refractivity contribution in [3.05, 3.63) is 0 Å². The van der Waals surface area contributed by atoms with Crippen molar-refractivity contribution in [2.24, 2.45) is 17.1 Å². The van der Waals surface area contributed by atoms with E-state index < -0.39 is 17.6 Å². The van der Waals surface area contributed by atoms with Crippen LogP contribution in [-0.4, -0.2) is 28.6 Å². The molecule has 0 saturated heterocycles. The molecule has 2 unspecified atom stereocenters. The van der Waals surface area contributed by atoms with Crippen molar-refractivity contribution in [1.82, 2.24) is 5.32 Å². The number of nitrogens with two attached hydrogens (primary N) is 1. The summed E-state index contributed by atoms with van der Waals surface area (Å²) in [6, 6.07) is -0.707. The molecular formula is C14H26N2O3. The quantitative estimate of drug-likeness (QED) is 0.724. The lowest BCUT2D eigenvalue weighted by atomic mass is 9.75. The van der Waals surface area contributed by atoms with Gasteiger partial charge in [0.25, 0.3) is 0 Å². The molecule has 0 aromatic rings. The Labute approximate surface area is 114 Å². The number of amides is 1. The number of carboxylic acids is 1. The van der Waals surface area contributed by atoms with E-state index in [2.05, 4.69) is 5.32 Å². The molecule has 1 rings (SSSR count). The van der Waals surface area contributed by atoms with Crippen LogP contribution in [0.5, 0.6) is 0 Å². The van der Waals surface area contributed by atoms with E-state index in [-0.39, 0.29) is 11.3 Å². The van der Waals surface area contributed by atoms with E-state index in [9.17, 15) is 14.7 Å². The zero-order valence-corrected chi connectivity index (χ0v) is 12.3. The SMILES string of the molecule is CC1CCCC(NC(=O)[C@H](N)C(C)(C)C)(C(=O)O)C1. The third kappa shape index (κ3) is 3.69. The molecule has 1 amide bonds. The van der Waals surface area contributed by atoms with E-state index in [1.165, 1.54) is 0 Å². The number of rotatable bonds is 3. The number of nitrogens with one attached hydrogen (secondary N) is 1. The van der Waals surface area contributed by atoms with E-state index in [1.807, 2.05) is 27.7 Å². The van der Waals surface area contributed by atoms with Gasteiger partial charge in [-0.1, -0.05) is 40.5 Å². The summed E-state index contributed by atoms with van der Waals surface area (Å²) in [5.41, 5.74) is 4.37. The molecule has 5 heteroatoms. The molecule has 1 aliphatic carbocycles. The first-order valence-electron chi connectivity index (χ1n) is 6.89. The van der Waals surface area contributed by atoms with Gasteiger partial charge in [0.05, 0.1) is 6.04 Å². The molecule has 1 fully saturated rings. The molecule has 0 aromatic heterocycles. The van der Waals surface area contributed by atoms with Crippen LogP contribution in [0.4, 0.5) is 0 Å². The normalized spacial score (nSPS) is 29.6. The summed E-state index contributed by atoms with van der Waals surface area (Å²) in [7, 11) is 0. The topological polar surface area (TPSA) is 92.4 Å². The van der Waals surface area contributed by atoms with Gasteiger partial charge < -0.3 is 16.2 Å². The molecular weight excluding hydrogens is 244 g/mol. The van der Waals surface area contributed by atoms with E-state index >= 15 is 0 Å². The van der Waals surface area contributed by atoms with Crippen LogP contribution in [0.25, 0.3) is 0 Å². The molecule has 1 saturated carbocycles. The minimum absolute atomic E-state index is 0.302. The van der Waals surface area contributed by atoms with Gasteiger partial charge in [-0.05, 0) is 24.2 Å². The van der Waals surface area contributed by atoms with Crippen LogP contribution < -0.4 is 11.1 Å². The first-order chi connectivity index (χ1) is 8.58. The Morgan fingerprint density at radius 2 is 2.00 bits per heavy atom. The fourth-order valence-corrected chi connectivity index (χ4v) is 2.62. The van der Waals surface area contributed by atoms with Crippen LogP contribution in [0.3, 0.4) is 0 Å². The van der Waals surface area contributed by atoms with Gasteiger partial charge >= 0.3 is 5.97 Å². The van der Waals surface area contributed by atoms with Crippen molar-refractivity contribution in [2.75, 3.05) is 0 Å². The molecule has 110 valence electrons. The number of hydrogen-bond acceptors (Lipinski definition) is 3. The van der Waals surface area contributed by atoms with Gasteiger partial charge in [0.2, 0.25) is 5.91 Å². The number of hydrogen-bond donors (Lipinski definition) is 3. The zero-order valence-electron chi connectivity index (χ0n) is 12.3. The largest absolute Gasteiger partial charge is 0.480 e. The standard InChI is InChI=1S/C14H26N2O3/c1-9-6-5-7-14(8-9,12(18)19)16-11(17)10(15)13(2,3)4/h9-10H,5-8,15H2,1-4H3,(H,16,17)(H,18,19)/t9?,10-,14?/m0/s1. The predicted molar refractivity (Wildman–Crippen MR) is 73.6 cm³/mol. The van der Waals surface area contributed by atoms with E-state index in [4.69, 9.17) is 5.73 Å². The lowest BCUT2D eigenvalue weighted by molar-refractivity contribution is -0.150. The molecule has 3 atom stereocenters. The van der Waals surface area contributed by atoms with E-state index in [0.717, 1.165) is 12.8 Å². The second-order valence-corrected chi connectivity index (χ2v) is 6.92. The second-order valence-electron chi connectivity index (χ2n) is 6.92. The van der Waals surface area contributed by atoms with Gasteiger partial charge in [-0.3, -0.25) is 4.79 Å². The Morgan fingerprint density at radius 3 is 2.42 bits per heavy atom. The number of aliphatic carboxylic acids is 1. The minimum Gasteiger partial charge on any atom is -0.480 e. The maximum atomic E-state index is 12.2. The zero-order chi connectivity index (χ0) is 14.8. The number of carbonyl (C=O) groups excluding carboxylic acids is 1. The van der Waals surface area contributed by atoms with Crippen LogP contribution in [0.2, 0.25) is 0 Å². The van der Waals surface area contributed by atoms with E-state index in [0.29, 0.717) is 18.8 Å². The Kier molecular flexibility index (Phi) is 4.61. The molecule has 19 heavy (non-hydrogen) atoms. The van der Waals surface area contributed by atoms with Crippen molar-refractivity contribution in [1.29, 1.82) is 0 Å². The third-order valence-corrected chi connectivity index (χ3v) is 3.98. The molecule has 5 nitrogen and oxygen atoms in total. The minimum atomic E-state index is -1.14. The van der Waals surface area contributed by atoms with Gasteiger partial charge in [0.15, 0.2) is 0 Å². The van der Waals surface area contributed by atoms with Crippen LogP contribution in [-0.2, 0) is 9.59 Å². The van der Waals surface area contributed by atoms with Crippen molar-refractivity contribution in [3.63, 3.8) is 0 Å². The molecule has 0 aromatic carbocycles. The Morgan fingerprint density at radius 1 is 1.42 bits per heavy atom. The van der Waals surface area contributed by atoms with Crippen molar-refractivity contribution >= 4 is 11.9 Å². The molecule has 4 N–H and O–H groups in total. The monoisotopic (exact) mass is 270 g/mol. The second kappa shape index (κ2) is 5.49. The summed E-state index contributed by atoms with van der Waals surface area (Å²) in [5, 5.41) is 12.2. The molecule has 1 aliphatic rings. The highest BCUT2D eigenvalue weighted by molar-refractivity contribution is 5.90. The van der Waals surface area contributed by atoms with Crippen LogP contribution in [0.1, 0.15) is 53.4 Å². The highest BCUT2D eigenvalue weighted by Crippen LogP contribution is 2.33. The predicted octanol–water partition coefficient (Wildman–Crippen LogP) is 1.51. The highest BCUT2D eigenvalue weighted by Gasteiger charge is 2.44. The first kappa shape index (κ1) is 16.0. The average molecular weight is 270 g/mol. The summed E-state index contributed by atoms with van der Waals surface area (Å²) in [5.74, 6) is -1.02. The molecule has 0 heterocycles. The molecule has 0 bridgehead atoms. The van der Waals surface area contributed by atoms with Crippen molar-refractivity contribution in [2.45, 2.75) is 65.0 Å². The maximum Gasteiger partial charge on any atom is 0.329 e. The molecule has 0 aliphatic heterocycles. The average Bonchev–Trinajstić information content (AvgIpc) is 2.26. The third-order valence-electron chi connectivity index (χ3n) is 3.98. The van der Waals surface area contributed by atoms with Crippen molar-refractivity contribution in [3.8, 4) is 0 Å². The Balaban J connectivity index is 2.85. The van der Waals surface area contributed by atoms with Gasteiger partial charge in [-0.25, -0.2) is 4.79 Å². The van der Waals surface area contributed by atoms with Gasteiger partial charge in [-0.15, -0.1) is 0 Å². The highest BCUT2D eigenvalue weighted by atomic mass is 16.4. The first-order valence-corrected chi connectivity index (χ1v) is 6.89. The number of carboxylic acid groups (broad SMARTS) is 1. The Bertz CT molecular complexity index is 362. The van der Waals surface area contributed by atoms with Crippen LogP contribution >= 0.6 is 0 Å². The van der Waals surface area contributed by atoms with Gasteiger partial charge in [0.1, 0.15) is 5.54 Å². The fraction of sp³-hybridized carbons (Fsp3) is 0.857. The summed E-state index contributed by atoms with van der Waals surface area (Å²) in [6.45, 7) is 7.63. The summed E-state index contributed by atoms with van der Waals surface area (Å²) < 4.78 is 0. The molecule has 0 radical (unpaired) electrons. The fourth-order valence-electron chi connectivity index (χ4n) is 2.62. The lowest BCUT2D eigenvalue weighted by Crippen LogP contribution is -2.61. The Hall–Kier alpha value is -1.10. The van der Waals surface area contributed by atoms with Crippen LogP contribution in [0.15, 0.2) is 0 Å². The number of carbonyl (C=O) groups is 2. The van der Waals surface area contributed by atoms with Gasteiger partial charge in [-0.2, -0.15) is 0 Å². The maximum absolute atomic E-state index is 12.2. The summed E-state index contributed by atoms with van der Waals surface area (Å²) in [4.78, 5) is 23.7. The van der Waals surface area contributed by atoms with Gasteiger partial charge in [0, 0.05) is 0 Å². The smallest absolute Gasteiger partial charge is 0.329 e. The van der Waals surface area contributed by atoms with Crippen LogP contribution in [0, 0.1) is 11.3 Å². The van der Waals surface area contributed by atoms with E-state index in [1.54, 1.807) is 0 Å². The van der Waals surface area contributed by atoms with Crippen molar-refractivity contribution < 1.29 is 14.7 Å².